The third kappa shape index (κ3) is 4.74. The van der Waals surface area contributed by atoms with Gasteiger partial charge in [0.2, 0.25) is 0 Å². The van der Waals surface area contributed by atoms with E-state index in [0.717, 1.165) is 31.4 Å². The van der Waals surface area contributed by atoms with Crippen LogP contribution in [-0.4, -0.2) is 6.61 Å². The Morgan fingerprint density at radius 3 is 1.96 bits per heavy atom. The van der Waals surface area contributed by atoms with Gasteiger partial charge in [0.05, 0.1) is 6.61 Å². The fourth-order valence-electron chi connectivity index (χ4n) is 3.39. The molecule has 1 nitrogen and oxygen atoms in total. The Labute approximate surface area is 185 Å². The minimum atomic E-state index is 0.161. The van der Waals surface area contributed by atoms with E-state index in [9.17, 15) is 0 Å². The van der Waals surface area contributed by atoms with Crippen molar-refractivity contribution in [2.75, 3.05) is 6.61 Å². The van der Waals surface area contributed by atoms with Crippen LogP contribution in [0.1, 0.15) is 54.9 Å². The molecule has 0 amide bonds. The Kier molecular flexibility index (Phi) is 7.09. The molecule has 3 aromatic carbocycles. The van der Waals surface area contributed by atoms with Crippen LogP contribution >= 0.6 is 39.1 Å². The molecular formula is C24H23BrCl2O. The van der Waals surface area contributed by atoms with Gasteiger partial charge in [0.25, 0.3) is 0 Å². The van der Waals surface area contributed by atoms with Crippen molar-refractivity contribution in [3.63, 3.8) is 0 Å². The molecule has 0 N–H and O–H groups in total. The van der Waals surface area contributed by atoms with Crippen molar-refractivity contribution in [3.05, 3.63) is 97.4 Å². The van der Waals surface area contributed by atoms with Crippen LogP contribution in [0.2, 0.25) is 10.0 Å². The maximum Gasteiger partial charge on any atom is 0.119 e. The highest BCUT2D eigenvalue weighted by Gasteiger charge is 2.17. The summed E-state index contributed by atoms with van der Waals surface area (Å²) >= 11 is 16.6. The van der Waals surface area contributed by atoms with Crippen molar-refractivity contribution in [2.24, 2.45) is 0 Å². The second-order valence-corrected chi connectivity index (χ2v) is 8.62. The lowest BCUT2D eigenvalue weighted by atomic mass is 9.87. The SMILES string of the molecule is CCOc1ccc(C(C)c2cc(C(C)c3cc(Br)ccc3Cl)ccc2Cl)cc1. The van der Waals surface area contributed by atoms with Gasteiger partial charge in [-0.15, -0.1) is 0 Å². The highest BCUT2D eigenvalue weighted by atomic mass is 79.9. The fraction of sp³-hybridized carbons (Fsp3) is 0.250. The Morgan fingerprint density at radius 1 is 0.786 bits per heavy atom. The molecule has 0 spiro atoms. The van der Waals surface area contributed by atoms with E-state index in [1.54, 1.807) is 0 Å². The molecule has 146 valence electrons. The summed E-state index contributed by atoms with van der Waals surface area (Å²) in [7, 11) is 0. The minimum Gasteiger partial charge on any atom is -0.494 e. The summed E-state index contributed by atoms with van der Waals surface area (Å²) in [6, 6.07) is 20.5. The van der Waals surface area contributed by atoms with Gasteiger partial charge < -0.3 is 4.74 Å². The van der Waals surface area contributed by atoms with E-state index in [0.29, 0.717) is 6.61 Å². The monoisotopic (exact) mass is 476 g/mol. The van der Waals surface area contributed by atoms with Crippen LogP contribution in [0.25, 0.3) is 0 Å². The summed E-state index contributed by atoms with van der Waals surface area (Å²) in [5, 5.41) is 1.55. The van der Waals surface area contributed by atoms with Crippen LogP contribution in [0.3, 0.4) is 0 Å². The Hall–Kier alpha value is -1.48. The number of hydrogen-bond donors (Lipinski definition) is 0. The van der Waals surface area contributed by atoms with Gasteiger partial charge in [-0.3, -0.25) is 0 Å². The van der Waals surface area contributed by atoms with Crippen LogP contribution in [0, 0.1) is 0 Å². The number of benzene rings is 3. The van der Waals surface area contributed by atoms with Crippen molar-refractivity contribution in [1.29, 1.82) is 0 Å². The summed E-state index contributed by atoms with van der Waals surface area (Å²) in [6.07, 6.45) is 0. The number of ether oxygens (including phenoxy) is 1. The molecule has 0 heterocycles. The molecule has 0 aromatic heterocycles. The quantitative estimate of drug-likeness (QED) is 0.346. The molecule has 2 unspecified atom stereocenters. The number of hydrogen-bond acceptors (Lipinski definition) is 1. The first-order valence-corrected chi connectivity index (χ1v) is 10.9. The molecule has 0 aliphatic heterocycles. The zero-order chi connectivity index (χ0) is 20.3. The van der Waals surface area contributed by atoms with Gasteiger partial charge in [0.1, 0.15) is 5.75 Å². The molecule has 0 radical (unpaired) electrons. The van der Waals surface area contributed by atoms with Crippen molar-refractivity contribution in [1.82, 2.24) is 0 Å². The van der Waals surface area contributed by atoms with Crippen LogP contribution in [0.5, 0.6) is 5.75 Å². The summed E-state index contributed by atoms with van der Waals surface area (Å²) in [4.78, 5) is 0. The predicted octanol–water partition coefficient (Wildman–Crippen LogP) is 8.46. The molecule has 0 saturated carbocycles. The average Bonchev–Trinajstić information content (AvgIpc) is 2.70. The molecule has 0 saturated heterocycles. The molecule has 3 rings (SSSR count). The topological polar surface area (TPSA) is 9.23 Å². The van der Waals surface area contributed by atoms with E-state index in [4.69, 9.17) is 27.9 Å². The van der Waals surface area contributed by atoms with Gasteiger partial charge in [0.15, 0.2) is 0 Å². The summed E-state index contributed by atoms with van der Waals surface area (Å²) in [5.41, 5.74) is 4.60. The normalized spacial score (nSPS) is 13.2. The maximum absolute atomic E-state index is 6.57. The summed E-state index contributed by atoms with van der Waals surface area (Å²) in [5.74, 6) is 1.22. The zero-order valence-electron chi connectivity index (χ0n) is 16.2. The molecule has 0 bridgehead atoms. The first kappa shape index (κ1) is 21.2. The summed E-state index contributed by atoms with van der Waals surface area (Å²) < 4.78 is 6.57. The highest BCUT2D eigenvalue weighted by Crippen LogP contribution is 2.37. The van der Waals surface area contributed by atoms with Crippen LogP contribution in [0.4, 0.5) is 0 Å². The van der Waals surface area contributed by atoms with E-state index in [-0.39, 0.29) is 11.8 Å². The lowest BCUT2D eigenvalue weighted by molar-refractivity contribution is 0.340. The van der Waals surface area contributed by atoms with Crippen molar-refractivity contribution >= 4 is 39.1 Å². The van der Waals surface area contributed by atoms with E-state index in [1.165, 1.54) is 11.1 Å². The largest absolute Gasteiger partial charge is 0.494 e. The fourth-order valence-corrected chi connectivity index (χ4v) is 4.33. The maximum atomic E-state index is 6.57. The van der Waals surface area contributed by atoms with Gasteiger partial charge in [-0.2, -0.15) is 0 Å². The Balaban J connectivity index is 1.93. The third-order valence-electron chi connectivity index (χ3n) is 5.10. The smallest absolute Gasteiger partial charge is 0.119 e. The van der Waals surface area contributed by atoms with E-state index < -0.39 is 0 Å². The van der Waals surface area contributed by atoms with Crippen molar-refractivity contribution in [2.45, 2.75) is 32.6 Å². The van der Waals surface area contributed by atoms with Crippen LogP contribution in [-0.2, 0) is 0 Å². The lowest BCUT2D eigenvalue weighted by Crippen LogP contribution is -2.02. The van der Waals surface area contributed by atoms with Crippen LogP contribution < -0.4 is 4.74 Å². The molecule has 0 aliphatic carbocycles. The van der Waals surface area contributed by atoms with E-state index in [2.05, 4.69) is 60.1 Å². The molecule has 3 aromatic rings. The van der Waals surface area contributed by atoms with Crippen molar-refractivity contribution < 1.29 is 4.74 Å². The molecule has 4 heteroatoms. The second kappa shape index (κ2) is 9.35. The Morgan fingerprint density at radius 2 is 1.32 bits per heavy atom. The molecular weight excluding hydrogens is 455 g/mol. The first-order valence-electron chi connectivity index (χ1n) is 9.37. The van der Waals surface area contributed by atoms with Gasteiger partial charge in [-0.05, 0) is 65.6 Å². The number of rotatable bonds is 6. The highest BCUT2D eigenvalue weighted by molar-refractivity contribution is 9.10. The number of halogens is 3. The standard InChI is InChI=1S/C24H23BrCl2O/c1-4-28-20-9-5-17(6-10-20)15(2)21-13-18(7-11-23(21)26)16(3)22-14-19(25)8-12-24(22)27/h5-16H,4H2,1-3H3. The zero-order valence-corrected chi connectivity index (χ0v) is 19.3. The van der Waals surface area contributed by atoms with E-state index >= 15 is 0 Å². The van der Waals surface area contributed by atoms with Gasteiger partial charge in [-0.25, -0.2) is 0 Å². The van der Waals surface area contributed by atoms with Gasteiger partial charge in [0, 0.05) is 26.4 Å². The van der Waals surface area contributed by atoms with Crippen LogP contribution in [0.15, 0.2) is 65.1 Å². The summed E-state index contributed by atoms with van der Waals surface area (Å²) in [6.45, 7) is 7.00. The second-order valence-electron chi connectivity index (χ2n) is 6.89. The molecule has 0 fully saturated rings. The first-order chi connectivity index (χ1) is 13.4. The van der Waals surface area contributed by atoms with Crippen molar-refractivity contribution in [3.8, 4) is 5.75 Å². The lowest BCUT2D eigenvalue weighted by Gasteiger charge is -2.20. The third-order valence-corrected chi connectivity index (χ3v) is 6.28. The average molecular weight is 478 g/mol. The molecule has 28 heavy (non-hydrogen) atoms. The van der Waals surface area contributed by atoms with E-state index in [1.807, 2.05) is 37.3 Å². The molecule has 0 aliphatic rings. The Bertz CT molecular complexity index is 953. The van der Waals surface area contributed by atoms with Gasteiger partial charge in [-0.1, -0.05) is 77.2 Å². The predicted molar refractivity (Wildman–Crippen MR) is 123 cm³/mol. The minimum absolute atomic E-state index is 0.161. The van der Waals surface area contributed by atoms with Gasteiger partial charge >= 0.3 is 0 Å². The molecule has 2 atom stereocenters.